The SMILES string of the molecule is CC(=O)C(NC(=O)CN1CCC(C(N)=O)C1)C(C)C. The Balaban J connectivity index is 2.44. The van der Waals surface area contributed by atoms with Crippen molar-refractivity contribution in [2.24, 2.45) is 17.6 Å². The monoisotopic (exact) mass is 269 g/mol. The summed E-state index contributed by atoms with van der Waals surface area (Å²) in [6.45, 7) is 6.68. The molecule has 0 bridgehead atoms. The lowest BCUT2D eigenvalue weighted by Crippen LogP contribution is -2.47. The van der Waals surface area contributed by atoms with Crippen molar-refractivity contribution < 1.29 is 14.4 Å². The third-order valence-electron chi connectivity index (χ3n) is 3.46. The third-order valence-corrected chi connectivity index (χ3v) is 3.46. The summed E-state index contributed by atoms with van der Waals surface area (Å²) in [5, 5.41) is 2.74. The predicted molar refractivity (Wildman–Crippen MR) is 71.2 cm³/mol. The third kappa shape index (κ3) is 4.63. The van der Waals surface area contributed by atoms with Gasteiger partial charge in [-0.25, -0.2) is 0 Å². The first-order valence-corrected chi connectivity index (χ1v) is 6.62. The average Bonchev–Trinajstić information content (AvgIpc) is 2.73. The van der Waals surface area contributed by atoms with Crippen LogP contribution in [0.4, 0.5) is 0 Å². The van der Waals surface area contributed by atoms with Crippen LogP contribution >= 0.6 is 0 Å². The van der Waals surface area contributed by atoms with Gasteiger partial charge in [0.25, 0.3) is 0 Å². The Bertz CT molecular complexity index is 368. The highest BCUT2D eigenvalue weighted by molar-refractivity contribution is 5.88. The second-order valence-electron chi connectivity index (χ2n) is 5.52. The molecule has 19 heavy (non-hydrogen) atoms. The Labute approximate surface area is 113 Å². The Kier molecular flexibility index (Phi) is 5.47. The number of nitrogens with two attached hydrogens (primary N) is 1. The normalized spacial score (nSPS) is 21.4. The van der Waals surface area contributed by atoms with E-state index >= 15 is 0 Å². The largest absolute Gasteiger partial charge is 0.369 e. The van der Waals surface area contributed by atoms with Crippen LogP contribution < -0.4 is 11.1 Å². The summed E-state index contributed by atoms with van der Waals surface area (Å²) in [7, 11) is 0. The van der Waals surface area contributed by atoms with E-state index in [1.165, 1.54) is 6.92 Å². The van der Waals surface area contributed by atoms with Crippen molar-refractivity contribution in [1.29, 1.82) is 0 Å². The quantitative estimate of drug-likeness (QED) is 0.681. The molecule has 0 aromatic heterocycles. The van der Waals surface area contributed by atoms with E-state index in [4.69, 9.17) is 5.73 Å². The maximum absolute atomic E-state index is 11.9. The minimum atomic E-state index is -0.443. The Hall–Kier alpha value is -1.43. The number of carbonyl (C=O) groups is 3. The number of hydrogen-bond acceptors (Lipinski definition) is 4. The number of ketones is 1. The first-order valence-electron chi connectivity index (χ1n) is 6.62. The number of likely N-dealkylation sites (tertiary alicyclic amines) is 1. The number of nitrogens with one attached hydrogen (secondary N) is 1. The van der Waals surface area contributed by atoms with E-state index in [0.29, 0.717) is 19.5 Å². The fourth-order valence-electron chi connectivity index (χ4n) is 2.37. The van der Waals surface area contributed by atoms with E-state index in [2.05, 4.69) is 5.32 Å². The van der Waals surface area contributed by atoms with Crippen molar-refractivity contribution in [2.75, 3.05) is 19.6 Å². The molecule has 1 saturated heterocycles. The molecule has 0 radical (unpaired) electrons. The highest BCUT2D eigenvalue weighted by Gasteiger charge is 2.28. The molecule has 3 N–H and O–H groups in total. The summed E-state index contributed by atoms with van der Waals surface area (Å²) in [6.07, 6.45) is 0.697. The van der Waals surface area contributed by atoms with Gasteiger partial charge in [-0.3, -0.25) is 19.3 Å². The molecule has 0 aromatic rings. The first-order chi connectivity index (χ1) is 8.81. The minimum absolute atomic E-state index is 0.0419. The van der Waals surface area contributed by atoms with Gasteiger partial charge >= 0.3 is 0 Å². The van der Waals surface area contributed by atoms with Crippen LogP contribution in [0, 0.1) is 11.8 Å². The van der Waals surface area contributed by atoms with Gasteiger partial charge in [-0.15, -0.1) is 0 Å². The van der Waals surface area contributed by atoms with Crippen LogP contribution in [-0.4, -0.2) is 48.2 Å². The van der Waals surface area contributed by atoms with Crippen molar-refractivity contribution in [3.63, 3.8) is 0 Å². The van der Waals surface area contributed by atoms with Gasteiger partial charge in [0.1, 0.15) is 0 Å². The zero-order valence-corrected chi connectivity index (χ0v) is 11.8. The van der Waals surface area contributed by atoms with E-state index in [-0.39, 0.29) is 36.0 Å². The van der Waals surface area contributed by atoms with Gasteiger partial charge in [0.15, 0.2) is 5.78 Å². The number of nitrogens with zero attached hydrogens (tertiary/aromatic N) is 1. The van der Waals surface area contributed by atoms with Crippen molar-refractivity contribution in [3.8, 4) is 0 Å². The lowest BCUT2D eigenvalue weighted by Gasteiger charge is -2.21. The highest BCUT2D eigenvalue weighted by atomic mass is 16.2. The second-order valence-corrected chi connectivity index (χ2v) is 5.52. The second kappa shape index (κ2) is 6.65. The molecule has 1 aliphatic rings. The predicted octanol–water partition coefficient (Wildman–Crippen LogP) is -0.477. The Morgan fingerprint density at radius 1 is 1.37 bits per heavy atom. The topological polar surface area (TPSA) is 92.5 Å². The number of amides is 2. The molecule has 2 amide bonds. The zero-order chi connectivity index (χ0) is 14.6. The fourth-order valence-corrected chi connectivity index (χ4v) is 2.37. The van der Waals surface area contributed by atoms with Gasteiger partial charge in [-0.05, 0) is 25.8 Å². The number of hydrogen-bond donors (Lipinski definition) is 2. The summed E-state index contributed by atoms with van der Waals surface area (Å²) >= 11 is 0. The van der Waals surface area contributed by atoms with E-state index in [1.807, 2.05) is 18.7 Å². The molecular weight excluding hydrogens is 246 g/mol. The van der Waals surface area contributed by atoms with Crippen molar-refractivity contribution in [3.05, 3.63) is 0 Å². The Morgan fingerprint density at radius 3 is 2.42 bits per heavy atom. The summed E-state index contributed by atoms with van der Waals surface area (Å²) < 4.78 is 0. The molecule has 6 nitrogen and oxygen atoms in total. The fraction of sp³-hybridized carbons (Fsp3) is 0.769. The summed E-state index contributed by atoms with van der Waals surface area (Å²) in [5.41, 5.74) is 5.24. The van der Waals surface area contributed by atoms with Crippen LogP contribution in [0.1, 0.15) is 27.2 Å². The molecule has 1 aliphatic heterocycles. The van der Waals surface area contributed by atoms with Crippen LogP contribution in [0.5, 0.6) is 0 Å². The van der Waals surface area contributed by atoms with E-state index in [0.717, 1.165) is 0 Å². The number of rotatable bonds is 6. The average molecular weight is 269 g/mol. The van der Waals surface area contributed by atoms with E-state index in [1.54, 1.807) is 0 Å². The van der Waals surface area contributed by atoms with Gasteiger partial charge in [0.05, 0.1) is 18.5 Å². The van der Waals surface area contributed by atoms with Crippen molar-refractivity contribution >= 4 is 17.6 Å². The molecule has 1 fully saturated rings. The first kappa shape index (κ1) is 15.6. The van der Waals surface area contributed by atoms with Gasteiger partial charge in [0, 0.05) is 6.54 Å². The molecule has 0 saturated carbocycles. The molecule has 108 valence electrons. The summed E-state index contributed by atoms with van der Waals surface area (Å²) in [4.78, 5) is 36.2. The standard InChI is InChI=1S/C13H23N3O3/c1-8(2)12(9(3)17)15-11(18)7-16-5-4-10(6-16)13(14)19/h8,10,12H,4-7H2,1-3H3,(H2,14,19)(H,15,18). The van der Waals surface area contributed by atoms with E-state index < -0.39 is 6.04 Å². The molecule has 0 aliphatic carbocycles. The van der Waals surface area contributed by atoms with Crippen LogP contribution in [-0.2, 0) is 14.4 Å². The molecule has 1 rings (SSSR count). The van der Waals surface area contributed by atoms with Gasteiger partial charge in [-0.2, -0.15) is 0 Å². The highest BCUT2D eigenvalue weighted by Crippen LogP contribution is 2.15. The molecule has 2 unspecified atom stereocenters. The molecule has 0 aromatic carbocycles. The number of carbonyl (C=O) groups excluding carboxylic acids is 3. The molecule has 2 atom stereocenters. The smallest absolute Gasteiger partial charge is 0.234 e. The minimum Gasteiger partial charge on any atom is -0.369 e. The lowest BCUT2D eigenvalue weighted by molar-refractivity contribution is -0.128. The van der Waals surface area contributed by atoms with Crippen LogP contribution in [0.2, 0.25) is 0 Å². The van der Waals surface area contributed by atoms with Crippen LogP contribution in [0.25, 0.3) is 0 Å². The lowest BCUT2D eigenvalue weighted by atomic mass is 10.0. The molecular formula is C13H23N3O3. The van der Waals surface area contributed by atoms with Crippen LogP contribution in [0.15, 0.2) is 0 Å². The van der Waals surface area contributed by atoms with Crippen molar-refractivity contribution in [2.45, 2.75) is 33.2 Å². The zero-order valence-electron chi connectivity index (χ0n) is 11.8. The Morgan fingerprint density at radius 2 is 2.00 bits per heavy atom. The number of primary amides is 1. The maximum Gasteiger partial charge on any atom is 0.234 e. The molecule has 1 heterocycles. The number of Topliss-reactive ketones (excluding diaryl/α,β-unsaturated/α-hetero) is 1. The summed E-state index contributed by atoms with van der Waals surface area (Å²) in [5.74, 6) is -0.634. The summed E-state index contributed by atoms with van der Waals surface area (Å²) in [6, 6.07) is -0.443. The molecule has 0 spiro atoms. The maximum atomic E-state index is 11.9. The van der Waals surface area contributed by atoms with Gasteiger partial charge in [0.2, 0.25) is 11.8 Å². The van der Waals surface area contributed by atoms with Gasteiger partial charge < -0.3 is 11.1 Å². The van der Waals surface area contributed by atoms with Gasteiger partial charge in [-0.1, -0.05) is 13.8 Å². The van der Waals surface area contributed by atoms with Crippen molar-refractivity contribution in [1.82, 2.24) is 10.2 Å². The molecule has 6 heteroatoms. The van der Waals surface area contributed by atoms with Crippen LogP contribution in [0.3, 0.4) is 0 Å². The van der Waals surface area contributed by atoms with E-state index in [9.17, 15) is 14.4 Å².